The second-order valence-corrected chi connectivity index (χ2v) is 9.95. The van der Waals surface area contributed by atoms with E-state index >= 15 is 0 Å². The van der Waals surface area contributed by atoms with Gasteiger partial charge in [0, 0.05) is 23.5 Å². The molecule has 0 amide bonds. The molecule has 0 radical (unpaired) electrons. The lowest BCUT2D eigenvalue weighted by atomic mass is 9.95. The number of hydrogen-bond donors (Lipinski definition) is 1. The van der Waals surface area contributed by atoms with E-state index in [0.717, 1.165) is 33.0 Å². The largest absolute Gasteiger partial charge is 0.497 e. The highest BCUT2D eigenvalue weighted by Crippen LogP contribution is 2.34. The number of benzene rings is 1. The lowest BCUT2D eigenvalue weighted by molar-refractivity contribution is 0.330. The van der Waals surface area contributed by atoms with E-state index in [1.807, 2.05) is 41.8 Å². The molecule has 0 unspecified atom stereocenters. The Morgan fingerprint density at radius 2 is 2.09 bits per heavy atom. The Morgan fingerprint density at radius 1 is 1.18 bits per heavy atom. The minimum atomic E-state index is 0.442. The molecule has 1 N–H and O–H groups in total. The molecule has 0 atom stereocenters. The normalized spacial score (nSPS) is 14.5. The summed E-state index contributed by atoms with van der Waals surface area (Å²) in [6.07, 6.45) is 7.90. The summed E-state index contributed by atoms with van der Waals surface area (Å²) < 4.78 is 13.4. The molecule has 1 aliphatic carbocycles. The Balaban J connectivity index is 1.31. The molecule has 3 aromatic heterocycles. The first kappa shape index (κ1) is 22.0. The Kier molecular flexibility index (Phi) is 6.97. The topological polar surface area (TPSA) is 78.0 Å². The molecular weight excluding hydrogens is 454 g/mol. The predicted octanol–water partition coefficient (Wildman–Crippen LogP) is 6.41. The van der Waals surface area contributed by atoms with E-state index < -0.39 is 0 Å². The summed E-state index contributed by atoms with van der Waals surface area (Å²) in [7, 11) is 1.68. The van der Waals surface area contributed by atoms with Crippen LogP contribution in [0.5, 0.6) is 5.75 Å². The molecule has 1 aromatic carbocycles. The fourth-order valence-corrected chi connectivity index (χ4v) is 5.73. The third kappa shape index (κ3) is 5.25. The van der Waals surface area contributed by atoms with Crippen molar-refractivity contribution in [3.05, 3.63) is 59.6 Å². The third-order valence-electron chi connectivity index (χ3n) is 5.83. The summed E-state index contributed by atoms with van der Waals surface area (Å²) in [6, 6.07) is 12.4. The molecular formula is C24H27N5O2S2. The van der Waals surface area contributed by atoms with Crippen molar-refractivity contribution in [2.75, 3.05) is 12.4 Å². The molecule has 9 heteroatoms. The molecule has 7 nitrogen and oxygen atoms in total. The van der Waals surface area contributed by atoms with Gasteiger partial charge in [0.2, 0.25) is 5.89 Å². The molecule has 1 saturated carbocycles. The first-order chi connectivity index (χ1) is 16.3. The third-order valence-corrected chi connectivity index (χ3v) is 7.66. The maximum atomic E-state index is 5.68. The molecule has 1 aliphatic rings. The van der Waals surface area contributed by atoms with E-state index in [1.54, 1.807) is 36.5 Å². The SMILES string of the molecule is COc1cccc(NCc2nnc(SCc3coc(-c4cccs4)n3)n2C2CCCCC2)c1. The van der Waals surface area contributed by atoms with Crippen LogP contribution in [-0.4, -0.2) is 26.9 Å². The number of rotatable bonds is 9. The molecule has 5 rings (SSSR count). The molecule has 172 valence electrons. The van der Waals surface area contributed by atoms with E-state index in [2.05, 4.69) is 25.1 Å². The number of aromatic nitrogens is 4. The van der Waals surface area contributed by atoms with Crippen molar-refractivity contribution in [1.29, 1.82) is 0 Å². The van der Waals surface area contributed by atoms with Gasteiger partial charge in [0.1, 0.15) is 12.0 Å². The van der Waals surface area contributed by atoms with Gasteiger partial charge < -0.3 is 19.0 Å². The van der Waals surface area contributed by atoms with Crippen molar-refractivity contribution >= 4 is 28.8 Å². The number of nitrogens with zero attached hydrogens (tertiary/aromatic N) is 4. The highest BCUT2D eigenvalue weighted by atomic mass is 32.2. The highest BCUT2D eigenvalue weighted by molar-refractivity contribution is 7.98. The van der Waals surface area contributed by atoms with Crippen molar-refractivity contribution < 1.29 is 9.15 Å². The van der Waals surface area contributed by atoms with E-state index in [4.69, 9.17) is 9.15 Å². The lowest BCUT2D eigenvalue weighted by Crippen LogP contribution is -2.18. The number of thiophene rings is 1. The van der Waals surface area contributed by atoms with Crippen LogP contribution in [0.1, 0.15) is 49.7 Å². The van der Waals surface area contributed by atoms with Gasteiger partial charge in [0.15, 0.2) is 11.0 Å². The standard InChI is InChI=1S/C24H27N5O2S2/c1-30-20-10-5-7-17(13-20)25-14-22-27-28-24(29(22)19-8-3-2-4-9-19)33-16-18-15-31-23(26-18)21-11-6-12-32-21/h5-7,10-13,15,19,25H,2-4,8-9,14,16H2,1H3. The van der Waals surface area contributed by atoms with Gasteiger partial charge in [-0.1, -0.05) is 43.2 Å². The highest BCUT2D eigenvalue weighted by Gasteiger charge is 2.23. The van der Waals surface area contributed by atoms with Crippen LogP contribution < -0.4 is 10.1 Å². The Bertz CT molecular complexity index is 1170. The van der Waals surface area contributed by atoms with Crippen LogP contribution in [-0.2, 0) is 12.3 Å². The lowest BCUT2D eigenvalue weighted by Gasteiger charge is -2.25. The van der Waals surface area contributed by atoms with Crippen molar-refractivity contribution in [1.82, 2.24) is 19.7 Å². The quantitative estimate of drug-likeness (QED) is 0.277. The van der Waals surface area contributed by atoms with E-state index in [0.29, 0.717) is 24.2 Å². The Labute approximate surface area is 201 Å². The number of ether oxygens (including phenoxy) is 1. The molecule has 0 spiro atoms. The Morgan fingerprint density at radius 3 is 2.91 bits per heavy atom. The molecule has 1 fully saturated rings. The van der Waals surface area contributed by atoms with Crippen molar-refractivity contribution in [3.63, 3.8) is 0 Å². The smallest absolute Gasteiger partial charge is 0.236 e. The van der Waals surface area contributed by atoms with Crippen molar-refractivity contribution in [2.24, 2.45) is 0 Å². The van der Waals surface area contributed by atoms with Gasteiger partial charge in [-0.2, -0.15) is 0 Å². The van der Waals surface area contributed by atoms with Crippen LogP contribution in [0, 0.1) is 0 Å². The number of oxazole rings is 1. The fourth-order valence-electron chi connectivity index (χ4n) is 4.17. The zero-order valence-corrected chi connectivity index (χ0v) is 20.2. The van der Waals surface area contributed by atoms with Gasteiger partial charge in [-0.25, -0.2) is 4.98 Å². The Hall–Kier alpha value is -2.78. The van der Waals surface area contributed by atoms with Crippen LogP contribution in [0.2, 0.25) is 0 Å². The molecule has 0 aliphatic heterocycles. The first-order valence-electron chi connectivity index (χ1n) is 11.2. The van der Waals surface area contributed by atoms with Crippen molar-refractivity contribution in [3.8, 4) is 16.5 Å². The van der Waals surface area contributed by atoms with Gasteiger partial charge in [-0.05, 0) is 36.4 Å². The summed E-state index contributed by atoms with van der Waals surface area (Å²) in [5.74, 6) is 3.17. The van der Waals surface area contributed by atoms with Gasteiger partial charge in [0.25, 0.3) is 0 Å². The average molecular weight is 482 g/mol. The zero-order chi connectivity index (χ0) is 22.5. The number of hydrogen-bond acceptors (Lipinski definition) is 8. The minimum Gasteiger partial charge on any atom is -0.497 e. The summed E-state index contributed by atoms with van der Waals surface area (Å²) in [6.45, 7) is 0.615. The van der Waals surface area contributed by atoms with Gasteiger partial charge in [0.05, 0.1) is 24.2 Å². The second kappa shape index (κ2) is 10.4. The number of thioether (sulfide) groups is 1. The van der Waals surface area contributed by atoms with Crippen molar-refractivity contribution in [2.45, 2.75) is 55.6 Å². The fraction of sp³-hybridized carbons (Fsp3) is 0.375. The summed E-state index contributed by atoms with van der Waals surface area (Å²) >= 11 is 3.31. The van der Waals surface area contributed by atoms with E-state index in [9.17, 15) is 0 Å². The zero-order valence-electron chi connectivity index (χ0n) is 18.6. The number of nitrogens with one attached hydrogen (secondary N) is 1. The number of methoxy groups -OCH3 is 1. The summed E-state index contributed by atoms with van der Waals surface area (Å²) in [4.78, 5) is 5.69. The van der Waals surface area contributed by atoms with Crippen LogP contribution >= 0.6 is 23.1 Å². The molecule has 3 heterocycles. The van der Waals surface area contributed by atoms with Gasteiger partial charge >= 0.3 is 0 Å². The summed E-state index contributed by atoms with van der Waals surface area (Å²) in [5, 5.41) is 15.6. The maximum absolute atomic E-state index is 5.68. The van der Waals surface area contributed by atoms with Crippen LogP contribution in [0.4, 0.5) is 5.69 Å². The van der Waals surface area contributed by atoms with Gasteiger partial charge in [-0.3, -0.25) is 0 Å². The van der Waals surface area contributed by atoms with E-state index in [1.165, 1.54) is 32.1 Å². The summed E-state index contributed by atoms with van der Waals surface area (Å²) in [5.41, 5.74) is 1.92. The van der Waals surface area contributed by atoms with E-state index in [-0.39, 0.29) is 0 Å². The van der Waals surface area contributed by atoms with Crippen LogP contribution in [0.15, 0.2) is 57.6 Å². The molecule has 0 saturated heterocycles. The second-order valence-electron chi connectivity index (χ2n) is 8.06. The molecule has 33 heavy (non-hydrogen) atoms. The van der Waals surface area contributed by atoms with Crippen LogP contribution in [0.3, 0.4) is 0 Å². The molecule has 0 bridgehead atoms. The molecule has 4 aromatic rings. The predicted molar refractivity (Wildman–Crippen MR) is 132 cm³/mol. The minimum absolute atomic E-state index is 0.442. The van der Waals surface area contributed by atoms with Crippen LogP contribution in [0.25, 0.3) is 10.8 Å². The monoisotopic (exact) mass is 481 g/mol. The van der Waals surface area contributed by atoms with Gasteiger partial charge in [-0.15, -0.1) is 21.5 Å². The maximum Gasteiger partial charge on any atom is 0.236 e. The average Bonchev–Trinajstić information content (AvgIpc) is 3.63. The first-order valence-corrected chi connectivity index (χ1v) is 13.1. The number of anilines is 1.